The van der Waals surface area contributed by atoms with Gasteiger partial charge in [0.25, 0.3) is 0 Å². The fourth-order valence-electron chi connectivity index (χ4n) is 2.21. The number of Topliss-reactive ketones (excluding diaryl/α,β-unsaturated/α-hetero) is 1. The molecule has 2 aromatic rings. The predicted molar refractivity (Wildman–Crippen MR) is 81.9 cm³/mol. The van der Waals surface area contributed by atoms with Gasteiger partial charge in [-0.15, -0.1) is 0 Å². The summed E-state index contributed by atoms with van der Waals surface area (Å²) >= 11 is 0. The van der Waals surface area contributed by atoms with E-state index in [1.807, 2.05) is 31.2 Å². The maximum absolute atomic E-state index is 12.3. The third kappa shape index (κ3) is 2.76. The number of ether oxygens (including phenoxy) is 2. The first-order valence-corrected chi connectivity index (χ1v) is 6.86. The Morgan fingerprint density at radius 2 is 1.86 bits per heavy atom. The fourth-order valence-corrected chi connectivity index (χ4v) is 2.21. The van der Waals surface area contributed by atoms with Crippen molar-refractivity contribution in [2.75, 3.05) is 0 Å². The number of fused-ring (bicyclic) bond motifs is 1. The Kier molecular flexibility index (Phi) is 3.51. The van der Waals surface area contributed by atoms with E-state index in [4.69, 9.17) is 9.47 Å². The molecule has 2 aromatic carbocycles. The van der Waals surface area contributed by atoms with Gasteiger partial charge in [0.2, 0.25) is 5.78 Å². The van der Waals surface area contributed by atoms with Crippen LogP contribution in [-0.2, 0) is 4.79 Å². The summed E-state index contributed by atoms with van der Waals surface area (Å²) in [5.74, 6) is 0.432. The Morgan fingerprint density at radius 1 is 1.14 bits per heavy atom. The number of hydrogen-bond donors (Lipinski definition) is 0. The number of ketones is 1. The Bertz CT molecular complexity index is 785. The van der Waals surface area contributed by atoms with Crippen molar-refractivity contribution < 1.29 is 19.1 Å². The van der Waals surface area contributed by atoms with Crippen molar-refractivity contribution in [3.05, 3.63) is 64.9 Å². The van der Waals surface area contributed by atoms with E-state index in [0.29, 0.717) is 17.1 Å². The Balaban J connectivity index is 1.90. The lowest BCUT2D eigenvalue weighted by atomic mass is 10.1. The van der Waals surface area contributed by atoms with Gasteiger partial charge in [-0.1, -0.05) is 29.8 Å². The van der Waals surface area contributed by atoms with Crippen LogP contribution in [0.1, 0.15) is 28.4 Å². The molecule has 0 unspecified atom stereocenters. The second-order valence-corrected chi connectivity index (χ2v) is 5.10. The average molecular weight is 294 g/mol. The minimum absolute atomic E-state index is 0.176. The lowest BCUT2D eigenvalue weighted by Crippen LogP contribution is -2.01. The molecule has 22 heavy (non-hydrogen) atoms. The maximum atomic E-state index is 12.3. The number of benzene rings is 2. The third-order valence-corrected chi connectivity index (χ3v) is 3.28. The van der Waals surface area contributed by atoms with Crippen LogP contribution in [0.25, 0.3) is 6.08 Å². The molecule has 0 aliphatic carbocycles. The molecule has 0 saturated carbocycles. The summed E-state index contributed by atoms with van der Waals surface area (Å²) in [7, 11) is 0. The molecule has 3 rings (SSSR count). The first-order chi connectivity index (χ1) is 10.5. The van der Waals surface area contributed by atoms with Crippen molar-refractivity contribution in [1.82, 2.24) is 0 Å². The van der Waals surface area contributed by atoms with Gasteiger partial charge in [0.15, 0.2) is 5.76 Å². The van der Waals surface area contributed by atoms with E-state index >= 15 is 0 Å². The van der Waals surface area contributed by atoms with Crippen LogP contribution in [0.3, 0.4) is 0 Å². The summed E-state index contributed by atoms with van der Waals surface area (Å²) < 4.78 is 10.6. The third-order valence-electron chi connectivity index (χ3n) is 3.28. The molecule has 0 radical (unpaired) electrons. The molecule has 1 heterocycles. The zero-order valence-corrected chi connectivity index (χ0v) is 12.3. The van der Waals surface area contributed by atoms with Crippen molar-refractivity contribution in [1.29, 1.82) is 0 Å². The van der Waals surface area contributed by atoms with Crippen LogP contribution in [0, 0.1) is 6.92 Å². The van der Waals surface area contributed by atoms with E-state index in [0.717, 1.165) is 11.1 Å². The highest BCUT2D eigenvalue weighted by molar-refractivity contribution is 6.14. The molecular formula is C18H14O4. The zero-order chi connectivity index (χ0) is 15.7. The van der Waals surface area contributed by atoms with Gasteiger partial charge in [-0.3, -0.25) is 9.59 Å². The molecule has 0 amide bonds. The maximum Gasteiger partial charge on any atom is 0.308 e. The van der Waals surface area contributed by atoms with Gasteiger partial charge < -0.3 is 9.47 Å². The van der Waals surface area contributed by atoms with Gasteiger partial charge in [0, 0.05) is 13.0 Å². The van der Waals surface area contributed by atoms with E-state index in [1.165, 1.54) is 6.92 Å². The van der Waals surface area contributed by atoms with Crippen molar-refractivity contribution in [3.63, 3.8) is 0 Å². The van der Waals surface area contributed by atoms with E-state index < -0.39 is 5.97 Å². The average Bonchev–Trinajstić information content (AvgIpc) is 2.77. The van der Waals surface area contributed by atoms with Crippen molar-refractivity contribution in [2.24, 2.45) is 0 Å². The molecule has 110 valence electrons. The summed E-state index contributed by atoms with van der Waals surface area (Å²) in [4.78, 5) is 23.3. The summed E-state index contributed by atoms with van der Waals surface area (Å²) in [6, 6.07) is 12.5. The van der Waals surface area contributed by atoms with Crippen LogP contribution in [0.15, 0.2) is 48.2 Å². The normalized spacial score (nSPS) is 14.6. The molecule has 0 N–H and O–H groups in total. The topological polar surface area (TPSA) is 52.6 Å². The minimum atomic E-state index is -0.417. The molecule has 0 atom stereocenters. The second-order valence-electron chi connectivity index (χ2n) is 5.10. The quantitative estimate of drug-likeness (QED) is 0.483. The first kappa shape index (κ1) is 14.1. The number of hydrogen-bond acceptors (Lipinski definition) is 4. The largest absolute Gasteiger partial charge is 0.452 e. The predicted octanol–water partition coefficient (Wildman–Crippen LogP) is 3.54. The van der Waals surface area contributed by atoms with E-state index in [9.17, 15) is 9.59 Å². The molecular weight excluding hydrogens is 280 g/mol. The number of rotatable bonds is 2. The fraction of sp³-hybridized carbons (Fsp3) is 0.111. The number of esters is 1. The smallest absolute Gasteiger partial charge is 0.308 e. The molecule has 4 nitrogen and oxygen atoms in total. The summed E-state index contributed by atoms with van der Waals surface area (Å²) in [6.45, 7) is 3.32. The van der Waals surface area contributed by atoms with E-state index in [-0.39, 0.29) is 11.5 Å². The van der Waals surface area contributed by atoms with Crippen LogP contribution in [0.5, 0.6) is 11.5 Å². The lowest BCUT2D eigenvalue weighted by molar-refractivity contribution is -0.131. The van der Waals surface area contributed by atoms with Gasteiger partial charge >= 0.3 is 5.97 Å². The summed E-state index contributed by atoms with van der Waals surface area (Å²) in [6.07, 6.45) is 1.70. The highest BCUT2D eigenvalue weighted by Gasteiger charge is 2.27. The number of aryl methyl sites for hydroxylation is 1. The molecule has 0 bridgehead atoms. The summed E-state index contributed by atoms with van der Waals surface area (Å²) in [5, 5.41) is 0. The molecule has 0 spiro atoms. The van der Waals surface area contributed by atoms with Crippen LogP contribution in [0.2, 0.25) is 0 Å². The SMILES string of the molecule is CC(=O)Oc1ccc2c(c1)OC(=Cc1ccc(C)cc1)C2=O. The standard InChI is InChI=1S/C18H14O4/c1-11-3-5-13(6-4-11)9-17-18(20)15-8-7-14(21-12(2)19)10-16(15)22-17/h3-10H,1-2H3. The molecule has 1 aliphatic heterocycles. The van der Waals surface area contributed by atoms with Gasteiger partial charge in [-0.25, -0.2) is 0 Å². The molecule has 1 aliphatic rings. The van der Waals surface area contributed by atoms with Gasteiger partial charge in [0.05, 0.1) is 5.56 Å². The van der Waals surface area contributed by atoms with Crippen LogP contribution >= 0.6 is 0 Å². The number of allylic oxidation sites excluding steroid dienone is 1. The molecule has 0 saturated heterocycles. The monoisotopic (exact) mass is 294 g/mol. The number of carbonyl (C=O) groups is 2. The van der Waals surface area contributed by atoms with Crippen molar-refractivity contribution in [3.8, 4) is 11.5 Å². The van der Waals surface area contributed by atoms with Gasteiger partial charge in [0.1, 0.15) is 11.5 Å². The van der Waals surface area contributed by atoms with E-state index in [1.54, 1.807) is 24.3 Å². The summed E-state index contributed by atoms with van der Waals surface area (Å²) in [5.41, 5.74) is 2.51. The lowest BCUT2D eigenvalue weighted by Gasteiger charge is -2.02. The Morgan fingerprint density at radius 3 is 2.55 bits per heavy atom. The van der Waals surface area contributed by atoms with E-state index in [2.05, 4.69) is 0 Å². The molecule has 4 heteroatoms. The first-order valence-electron chi connectivity index (χ1n) is 6.86. The van der Waals surface area contributed by atoms with Crippen molar-refractivity contribution in [2.45, 2.75) is 13.8 Å². The van der Waals surface area contributed by atoms with Gasteiger partial charge in [-0.2, -0.15) is 0 Å². The highest BCUT2D eigenvalue weighted by atomic mass is 16.5. The second kappa shape index (κ2) is 5.48. The minimum Gasteiger partial charge on any atom is -0.452 e. The van der Waals surface area contributed by atoms with Crippen molar-refractivity contribution >= 4 is 17.8 Å². The zero-order valence-electron chi connectivity index (χ0n) is 12.3. The Labute approximate surface area is 128 Å². The van der Waals surface area contributed by atoms with Crippen LogP contribution in [-0.4, -0.2) is 11.8 Å². The van der Waals surface area contributed by atoms with Crippen LogP contribution < -0.4 is 9.47 Å². The molecule has 0 aromatic heterocycles. The molecule has 0 fully saturated rings. The number of carbonyl (C=O) groups excluding carboxylic acids is 2. The Hall–Kier alpha value is -2.88. The van der Waals surface area contributed by atoms with Gasteiger partial charge in [-0.05, 0) is 30.7 Å². The highest BCUT2D eigenvalue weighted by Crippen LogP contribution is 2.34. The van der Waals surface area contributed by atoms with Crippen LogP contribution in [0.4, 0.5) is 0 Å².